The van der Waals surface area contributed by atoms with E-state index in [1.54, 1.807) is 7.11 Å². The summed E-state index contributed by atoms with van der Waals surface area (Å²) in [6.45, 7) is 5.06. The molecule has 1 aromatic rings. The molecule has 0 bridgehead atoms. The highest BCUT2D eigenvalue weighted by Crippen LogP contribution is 2.67. The molecular formula is C29H40O3. The van der Waals surface area contributed by atoms with E-state index < -0.39 is 5.60 Å². The number of methoxy groups -OCH3 is 2. The molecule has 0 heterocycles. The van der Waals surface area contributed by atoms with Gasteiger partial charge in [-0.1, -0.05) is 37.8 Å². The Hall–Kier alpha value is -1.50. The summed E-state index contributed by atoms with van der Waals surface area (Å²) in [7, 11) is 3.59. The van der Waals surface area contributed by atoms with Crippen molar-refractivity contribution in [2.75, 3.05) is 14.2 Å². The van der Waals surface area contributed by atoms with Crippen LogP contribution in [0.25, 0.3) is 0 Å². The van der Waals surface area contributed by atoms with E-state index in [1.807, 2.05) is 31.4 Å². The number of benzene rings is 1. The lowest BCUT2D eigenvalue weighted by Gasteiger charge is -2.61. The molecule has 5 rings (SSSR count). The van der Waals surface area contributed by atoms with Crippen LogP contribution in [0.2, 0.25) is 0 Å². The highest BCUT2D eigenvalue weighted by Gasteiger charge is 2.61. The third kappa shape index (κ3) is 3.41. The first-order chi connectivity index (χ1) is 15.3. The lowest BCUT2D eigenvalue weighted by Crippen LogP contribution is -2.56. The van der Waals surface area contributed by atoms with Gasteiger partial charge in [0.25, 0.3) is 0 Å². The monoisotopic (exact) mass is 436 g/mol. The van der Waals surface area contributed by atoms with E-state index in [-0.39, 0.29) is 0 Å². The predicted molar refractivity (Wildman–Crippen MR) is 127 cm³/mol. The van der Waals surface area contributed by atoms with E-state index in [1.165, 1.54) is 38.5 Å². The lowest BCUT2D eigenvalue weighted by molar-refractivity contribution is -0.146. The van der Waals surface area contributed by atoms with Gasteiger partial charge in [-0.15, -0.1) is 0 Å². The Balaban J connectivity index is 1.35. The number of ether oxygens (including phenoxy) is 2. The van der Waals surface area contributed by atoms with Crippen LogP contribution in [0, 0.1) is 46.3 Å². The van der Waals surface area contributed by atoms with Crippen molar-refractivity contribution in [2.45, 2.75) is 83.3 Å². The van der Waals surface area contributed by atoms with Crippen LogP contribution in [-0.4, -0.2) is 31.0 Å². The van der Waals surface area contributed by atoms with Crippen molar-refractivity contribution in [1.29, 1.82) is 0 Å². The van der Waals surface area contributed by atoms with Crippen LogP contribution in [0.5, 0.6) is 5.75 Å². The Morgan fingerprint density at radius 1 is 0.906 bits per heavy atom. The minimum Gasteiger partial charge on any atom is -0.495 e. The van der Waals surface area contributed by atoms with E-state index >= 15 is 0 Å². The number of fused-ring (bicyclic) bond motifs is 5. The Morgan fingerprint density at radius 3 is 2.47 bits per heavy atom. The number of rotatable bonds is 2. The van der Waals surface area contributed by atoms with Crippen LogP contribution in [0.3, 0.4) is 0 Å². The fourth-order valence-corrected chi connectivity index (χ4v) is 8.63. The van der Waals surface area contributed by atoms with E-state index in [0.29, 0.717) is 22.9 Å². The van der Waals surface area contributed by atoms with Crippen LogP contribution in [0.4, 0.5) is 0 Å². The Morgan fingerprint density at radius 2 is 1.69 bits per heavy atom. The molecule has 0 aliphatic heterocycles. The van der Waals surface area contributed by atoms with Crippen molar-refractivity contribution in [1.82, 2.24) is 0 Å². The highest BCUT2D eigenvalue weighted by atomic mass is 16.5. The Kier molecular flexibility index (Phi) is 5.62. The molecule has 0 aromatic heterocycles. The number of hydrogen-bond donors (Lipinski definition) is 1. The summed E-state index contributed by atoms with van der Waals surface area (Å²) in [5.41, 5.74) is 0.693. The molecule has 4 aliphatic carbocycles. The van der Waals surface area contributed by atoms with Gasteiger partial charge in [0.15, 0.2) is 0 Å². The summed E-state index contributed by atoms with van der Waals surface area (Å²) in [5, 5.41) is 11.5. The van der Waals surface area contributed by atoms with Gasteiger partial charge in [-0.3, -0.25) is 0 Å². The van der Waals surface area contributed by atoms with Crippen molar-refractivity contribution in [3.05, 3.63) is 29.8 Å². The normalized spacial score (nSPS) is 45.1. The van der Waals surface area contributed by atoms with Crippen LogP contribution in [0.15, 0.2) is 24.3 Å². The summed E-state index contributed by atoms with van der Waals surface area (Å²) < 4.78 is 11.4. The van der Waals surface area contributed by atoms with Gasteiger partial charge in [-0.2, -0.15) is 0 Å². The van der Waals surface area contributed by atoms with Crippen molar-refractivity contribution >= 4 is 0 Å². The zero-order chi connectivity index (χ0) is 22.6. The molecule has 3 nitrogen and oxygen atoms in total. The van der Waals surface area contributed by atoms with E-state index in [4.69, 9.17) is 9.47 Å². The highest BCUT2D eigenvalue weighted by molar-refractivity contribution is 5.47. The first-order valence-electron chi connectivity index (χ1n) is 12.7. The molecule has 0 unspecified atom stereocenters. The minimum absolute atomic E-state index is 0.341. The van der Waals surface area contributed by atoms with Crippen molar-refractivity contribution < 1.29 is 14.6 Å². The van der Waals surface area contributed by atoms with Gasteiger partial charge in [0.1, 0.15) is 11.4 Å². The third-order valence-corrected chi connectivity index (χ3v) is 10.5. The predicted octanol–water partition coefficient (Wildman–Crippen LogP) is 5.84. The molecule has 4 fully saturated rings. The molecule has 1 N–H and O–H groups in total. The zero-order valence-electron chi connectivity index (χ0n) is 20.3. The molecular weight excluding hydrogens is 396 g/mol. The number of para-hydroxylation sites is 1. The standard InChI is InChI=1S/C29H40O3/c1-27-17-18-29(30,16-13-20-7-5-6-8-25(20)31-3)19-21(27)9-10-22-23-11-12-26(32-4)28(23,2)15-14-24(22)27/h5-8,21-24,26,30H,9-12,14-15,17-19H2,1-4H3/t21-,22+,23+,24+,26+,27+,28+,29-/m1/s1. The zero-order valence-corrected chi connectivity index (χ0v) is 20.3. The largest absolute Gasteiger partial charge is 0.495 e. The maximum atomic E-state index is 11.5. The quantitative estimate of drug-likeness (QED) is 0.592. The van der Waals surface area contributed by atoms with E-state index in [9.17, 15) is 5.11 Å². The number of aliphatic hydroxyl groups is 1. The van der Waals surface area contributed by atoms with Crippen molar-refractivity contribution in [2.24, 2.45) is 34.5 Å². The van der Waals surface area contributed by atoms with Crippen molar-refractivity contribution in [3.8, 4) is 17.6 Å². The molecule has 3 heteroatoms. The summed E-state index contributed by atoms with van der Waals surface area (Å²) in [4.78, 5) is 0. The first-order valence-corrected chi connectivity index (χ1v) is 12.7. The van der Waals surface area contributed by atoms with Crippen LogP contribution < -0.4 is 4.74 Å². The molecule has 0 spiro atoms. The van der Waals surface area contributed by atoms with E-state index in [0.717, 1.165) is 48.3 Å². The smallest absolute Gasteiger partial charge is 0.134 e. The van der Waals surface area contributed by atoms with E-state index in [2.05, 4.69) is 25.7 Å². The van der Waals surface area contributed by atoms with Gasteiger partial charge in [0, 0.05) is 7.11 Å². The van der Waals surface area contributed by atoms with Gasteiger partial charge in [-0.25, -0.2) is 0 Å². The average Bonchev–Trinajstić information content (AvgIpc) is 3.15. The number of hydrogen-bond acceptors (Lipinski definition) is 3. The van der Waals surface area contributed by atoms with Gasteiger partial charge in [0.05, 0.1) is 18.8 Å². The molecule has 8 atom stereocenters. The van der Waals surface area contributed by atoms with Gasteiger partial charge in [-0.05, 0) is 104 Å². The molecule has 1 aromatic carbocycles. The molecule has 32 heavy (non-hydrogen) atoms. The Bertz CT molecular complexity index is 914. The van der Waals surface area contributed by atoms with Crippen LogP contribution in [-0.2, 0) is 4.74 Å². The molecule has 4 aliphatic rings. The van der Waals surface area contributed by atoms with Gasteiger partial charge in [0.2, 0.25) is 0 Å². The van der Waals surface area contributed by atoms with Crippen LogP contribution in [0.1, 0.15) is 77.2 Å². The second kappa shape index (κ2) is 8.07. The summed E-state index contributed by atoms with van der Waals surface area (Å²) in [6, 6.07) is 7.84. The van der Waals surface area contributed by atoms with Crippen molar-refractivity contribution in [3.63, 3.8) is 0 Å². The maximum absolute atomic E-state index is 11.5. The van der Waals surface area contributed by atoms with Gasteiger partial charge >= 0.3 is 0 Å². The average molecular weight is 437 g/mol. The first kappa shape index (κ1) is 22.3. The van der Waals surface area contributed by atoms with Gasteiger partial charge < -0.3 is 14.6 Å². The second-order valence-electron chi connectivity index (χ2n) is 11.7. The molecule has 0 radical (unpaired) electrons. The minimum atomic E-state index is -0.879. The second-order valence-corrected chi connectivity index (χ2v) is 11.7. The Labute approximate surface area is 194 Å². The SMILES string of the molecule is COc1ccccc1C#C[C@@]1(O)CC[C@@]2(C)[C@H](CC[C@@H]3[C@@H]2CC[C@]2(C)[C@@H](OC)CC[C@@H]32)C1. The topological polar surface area (TPSA) is 38.7 Å². The molecule has 0 saturated heterocycles. The van der Waals surface area contributed by atoms with Crippen LogP contribution >= 0.6 is 0 Å². The lowest BCUT2D eigenvalue weighted by atomic mass is 9.44. The molecule has 4 saturated carbocycles. The molecule has 0 amide bonds. The summed E-state index contributed by atoms with van der Waals surface area (Å²) >= 11 is 0. The fraction of sp³-hybridized carbons (Fsp3) is 0.724. The maximum Gasteiger partial charge on any atom is 0.134 e. The third-order valence-electron chi connectivity index (χ3n) is 10.5. The molecule has 174 valence electrons. The fourth-order valence-electron chi connectivity index (χ4n) is 8.63. The summed E-state index contributed by atoms with van der Waals surface area (Å²) in [5.74, 6) is 10.3. The summed E-state index contributed by atoms with van der Waals surface area (Å²) in [6.07, 6.45) is 10.9.